The van der Waals surface area contributed by atoms with Crippen LogP contribution in [0.2, 0.25) is 0 Å². The average Bonchev–Trinajstić information content (AvgIpc) is 2.86. The fraction of sp³-hybridized carbons (Fsp3) is 0.385. The number of nitrogens with zero attached hydrogens (tertiary/aromatic N) is 1. The Hall–Kier alpha value is -2.24. The molecular weight excluding hydrogens is 248 g/mol. The Morgan fingerprint density at radius 3 is 2.58 bits per heavy atom. The molecule has 0 saturated carbocycles. The lowest BCUT2D eigenvalue weighted by Gasteiger charge is -2.13. The summed E-state index contributed by atoms with van der Waals surface area (Å²) in [5, 5.41) is 20.7. The number of amides is 2. The van der Waals surface area contributed by atoms with Crippen LogP contribution in [0.3, 0.4) is 0 Å². The summed E-state index contributed by atoms with van der Waals surface area (Å²) >= 11 is 0. The van der Waals surface area contributed by atoms with Crippen molar-refractivity contribution in [1.82, 2.24) is 10.2 Å². The van der Waals surface area contributed by atoms with Crippen LogP contribution in [-0.2, 0) is 0 Å². The monoisotopic (exact) mass is 264 g/mol. The molecule has 1 fully saturated rings. The first-order valence-corrected chi connectivity index (χ1v) is 6.11. The van der Waals surface area contributed by atoms with E-state index in [1.165, 1.54) is 17.0 Å². The van der Waals surface area contributed by atoms with Crippen LogP contribution in [0.25, 0.3) is 0 Å². The molecule has 0 spiro atoms. The molecule has 1 saturated heterocycles. The highest BCUT2D eigenvalue weighted by molar-refractivity contribution is 5.94. The van der Waals surface area contributed by atoms with Gasteiger partial charge >= 0.3 is 6.09 Å². The maximum atomic E-state index is 11.8. The van der Waals surface area contributed by atoms with Crippen molar-refractivity contribution in [2.75, 3.05) is 19.6 Å². The van der Waals surface area contributed by atoms with E-state index in [0.29, 0.717) is 25.2 Å². The first-order chi connectivity index (χ1) is 9.06. The van der Waals surface area contributed by atoms with Crippen LogP contribution in [0.4, 0.5) is 4.79 Å². The van der Waals surface area contributed by atoms with Gasteiger partial charge in [0.2, 0.25) is 0 Å². The molecule has 6 heteroatoms. The summed E-state index contributed by atoms with van der Waals surface area (Å²) in [6.45, 7) is 1.45. The molecule has 6 nitrogen and oxygen atoms in total. The molecule has 19 heavy (non-hydrogen) atoms. The highest BCUT2D eigenvalue weighted by Crippen LogP contribution is 2.15. The smallest absolute Gasteiger partial charge is 0.407 e. The second kappa shape index (κ2) is 5.60. The Bertz CT molecular complexity index is 472. The molecular formula is C13H16N2O4. The van der Waals surface area contributed by atoms with Crippen molar-refractivity contribution < 1.29 is 19.8 Å². The van der Waals surface area contributed by atoms with E-state index in [0.717, 1.165) is 6.42 Å². The fourth-order valence-electron chi connectivity index (χ4n) is 2.12. The van der Waals surface area contributed by atoms with Crippen molar-refractivity contribution in [2.45, 2.75) is 6.42 Å². The summed E-state index contributed by atoms with van der Waals surface area (Å²) in [6, 6.07) is 6.00. The van der Waals surface area contributed by atoms with E-state index < -0.39 is 6.09 Å². The van der Waals surface area contributed by atoms with Gasteiger partial charge in [-0.25, -0.2) is 4.79 Å². The normalized spacial score (nSPS) is 18.3. The number of phenols is 1. The lowest BCUT2D eigenvalue weighted by Crippen LogP contribution is -2.32. The molecule has 1 aromatic carbocycles. The van der Waals surface area contributed by atoms with E-state index in [9.17, 15) is 9.59 Å². The van der Waals surface area contributed by atoms with E-state index in [1.807, 2.05) is 0 Å². The van der Waals surface area contributed by atoms with Crippen molar-refractivity contribution in [3.63, 3.8) is 0 Å². The first kappa shape index (κ1) is 13.2. The van der Waals surface area contributed by atoms with Gasteiger partial charge in [0.25, 0.3) is 5.91 Å². The number of carboxylic acid groups (broad SMARTS) is 1. The molecule has 0 aliphatic carbocycles. The third kappa shape index (κ3) is 3.37. The molecule has 1 atom stereocenters. The van der Waals surface area contributed by atoms with E-state index in [-0.39, 0.29) is 17.6 Å². The maximum Gasteiger partial charge on any atom is 0.407 e. The molecule has 0 aromatic heterocycles. The van der Waals surface area contributed by atoms with Gasteiger partial charge in [-0.3, -0.25) is 4.79 Å². The number of rotatable bonds is 3. The van der Waals surface area contributed by atoms with Gasteiger partial charge in [-0.2, -0.15) is 0 Å². The number of carbonyl (C=O) groups excluding carboxylic acids is 1. The minimum absolute atomic E-state index is 0.115. The van der Waals surface area contributed by atoms with Gasteiger partial charge in [-0.05, 0) is 36.6 Å². The first-order valence-electron chi connectivity index (χ1n) is 6.11. The molecule has 0 radical (unpaired) electrons. The van der Waals surface area contributed by atoms with Gasteiger partial charge in [0.05, 0.1) is 0 Å². The SMILES string of the molecule is O=C(NCC1CCN(C(=O)O)C1)c1ccc(O)cc1. The molecule has 1 aliphatic rings. The van der Waals surface area contributed by atoms with Gasteiger partial charge in [-0.1, -0.05) is 0 Å². The molecule has 2 amide bonds. The Morgan fingerprint density at radius 1 is 1.32 bits per heavy atom. The zero-order valence-corrected chi connectivity index (χ0v) is 10.4. The molecule has 102 valence electrons. The zero-order chi connectivity index (χ0) is 13.8. The van der Waals surface area contributed by atoms with Gasteiger partial charge in [0.1, 0.15) is 5.75 Å². The molecule has 1 aromatic rings. The number of carbonyl (C=O) groups is 2. The van der Waals surface area contributed by atoms with Gasteiger partial charge in [-0.15, -0.1) is 0 Å². The van der Waals surface area contributed by atoms with Crippen LogP contribution < -0.4 is 5.32 Å². The molecule has 1 unspecified atom stereocenters. The van der Waals surface area contributed by atoms with Crippen LogP contribution in [-0.4, -0.2) is 46.7 Å². The van der Waals surface area contributed by atoms with Crippen LogP contribution in [0, 0.1) is 5.92 Å². The number of phenolic OH excluding ortho intramolecular Hbond substituents is 1. The van der Waals surface area contributed by atoms with E-state index in [4.69, 9.17) is 10.2 Å². The van der Waals surface area contributed by atoms with Crippen molar-refractivity contribution in [2.24, 2.45) is 5.92 Å². The van der Waals surface area contributed by atoms with Crippen molar-refractivity contribution in [1.29, 1.82) is 0 Å². The Kier molecular flexibility index (Phi) is 3.89. The zero-order valence-electron chi connectivity index (χ0n) is 10.4. The summed E-state index contributed by atoms with van der Waals surface area (Å²) in [5.41, 5.74) is 0.478. The van der Waals surface area contributed by atoms with Gasteiger partial charge in [0.15, 0.2) is 0 Å². The fourth-order valence-corrected chi connectivity index (χ4v) is 2.12. The molecule has 1 aliphatic heterocycles. The predicted molar refractivity (Wildman–Crippen MR) is 68.1 cm³/mol. The quantitative estimate of drug-likeness (QED) is 0.763. The van der Waals surface area contributed by atoms with Crippen LogP contribution in [0.5, 0.6) is 5.75 Å². The second-order valence-corrected chi connectivity index (χ2v) is 4.64. The minimum atomic E-state index is -0.910. The number of hydrogen-bond acceptors (Lipinski definition) is 3. The van der Waals surface area contributed by atoms with E-state index in [2.05, 4.69) is 5.32 Å². The highest BCUT2D eigenvalue weighted by atomic mass is 16.4. The summed E-state index contributed by atoms with van der Waals surface area (Å²) in [7, 11) is 0. The summed E-state index contributed by atoms with van der Waals surface area (Å²) < 4.78 is 0. The minimum Gasteiger partial charge on any atom is -0.508 e. The third-order valence-electron chi connectivity index (χ3n) is 3.24. The van der Waals surface area contributed by atoms with Gasteiger partial charge < -0.3 is 20.4 Å². The summed E-state index contributed by atoms with van der Waals surface area (Å²) in [4.78, 5) is 23.9. The van der Waals surface area contributed by atoms with Gasteiger partial charge in [0, 0.05) is 25.2 Å². The number of likely N-dealkylation sites (tertiary alicyclic amines) is 1. The largest absolute Gasteiger partial charge is 0.508 e. The summed E-state index contributed by atoms with van der Waals surface area (Å²) in [6.07, 6.45) is -0.144. The van der Waals surface area contributed by atoms with Crippen LogP contribution >= 0.6 is 0 Å². The standard InChI is InChI=1S/C13H16N2O4/c16-11-3-1-10(2-4-11)12(17)14-7-9-5-6-15(8-9)13(18)19/h1-4,9,16H,5-8H2,(H,14,17)(H,18,19). The number of aromatic hydroxyl groups is 1. The summed E-state index contributed by atoms with van der Waals surface area (Å²) in [5.74, 6) is 0.0652. The lowest BCUT2D eigenvalue weighted by molar-refractivity contribution is 0.0947. The van der Waals surface area contributed by atoms with Crippen molar-refractivity contribution in [3.05, 3.63) is 29.8 Å². The highest BCUT2D eigenvalue weighted by Gasteiger charge is 2.25. The number of hydrogen-bond donors (Lipinski definition) is 3. The Labute approximate surface area is 110 Å². The van der Waals surface area contributed by atoms with Crippen LogP contribution in [0.15, 0.2) is 24.3 Å². The topological polar surface area (TPSA) is 89.9 Å². The average molecular weight is 264 g/mol. The Balaban J connectivity index is 1.81. The van der Waals surface area contributed by atoms with E-state index in [1.54, 1.807) is 12.1 Å². The van der Waals surface area contributed by atoms with Crippen molar-refractivity contribution >= 4 is 12.0 Å². The van der Waals surface area contributed by atoms with Crippen molar-refractivity contribution in [3.8, 4) is 5.75 Å². The second-order valence-electron chi connectivity index (χ2n) is 4.64. The third-order valence-corrected chi connectivity index (χ3v) is 3.24. The molecule has 1 heterocycles. The van der Waals surface area contributed by atoms with Crippen LogP contribution in [0.1, 0.15) is 16.8 Å². The Morgan fingerprint density at radius 2 is 2.00 bits per heavy atom. The lowest BCUT2D eigenvalue weighted by atomic mass is 10.1. The molecule has 3 N–H and O–H groups in total. The molecule has 0 bridgehead atoms. The number of nitrogens with one attached hydrogen (secondary N) is 1. The predicted octanol–water partition coefficient (Wildman–Crippen LogP) is 1.12. The maximum absolute atomic E-state index is 11.8. The molecule has 2 rings (SSSR count). The number of benzene rings is 1. The van der Waals surface area contributed by atoms with E-state index >= 15 is 0 Å².